The molecule has 2 atom stereocenters. The van der Waals surface area contributed by atoms with Gasteiger partial charge in [-0.05, 0) is 13.3 Å². The van der Waals surface area contributed by atoms with Crippen LogP contribution in [-0.4, -0.2) is 62.4 Å². The smallest absolute Gasteiger partial charge is 0.253 e. The number of amides is 1. The SMILES string of the molecule is CC1CN(C(=O)C2CNCCO2)CCCO1. The van der Waals surface area contributed by atoms with Crippen molar-refractivity contribution in [3.63, 3.8) is 0 Å². The number of carbonyl (C=O) groups is 1. The van der Waals surface area contributed by atoms with Crippen molar-refractivity contribution in [1.82, 2.24) is 10.2 Å². The minimum atomic E-state index is -0.306. The van der Waals surface area contributed by atoms with Crippen molar-refractivity contribution in [2.24, 2.45) is 0 Å². The average Bonchev–Trinajstić information content (AvgIpc) is 2.54. The molecule has 2 unspecified atom stereocenters. The predicted octanol–water partition coefficient (Wildman–Crippen LogP) is -0.388. The Bertz CT molecular complexity index is 241. The minimum absolute atomic E-state index is 0.101. The van der Waals surface area contributed by atoms with Gasteiger partial charge in [-0.25, -0.2) is 0 Å². The maximum Gasteiger partial charge on any atom is 0.253 e. The Labute approximate surface area is 96.1 Å². The van der Waals surface area contributed by atoms with Crippen LogP contribution < -0.4 is 5.32 Å². The van der Waals surface area contributed by atoms with Gasteiger partial charge in [-0.1, -0.05) is 0 Å². The first-order valence-electron chi connectivity index (χ1n) is 6.00. The Morgan fingerprint density at radius 3 is 3.00 bits per heavy atom. The van der Waals surface area contributed by atoms with Crippen LogP contribution in [0.15, 0.2) is 0 Å². The predicted molar refractivity (Wildman–Crippen MR) is 59.2 cm³/mol. The highest BCUT2D eigenvalue weighted by Crippen LogP contribution is 2.09. The molecule has 5 nitrogen and oxygen atoms in total. The van der Waals surface area contributed by atoms with Gasteiger partial charge in [-0.15, -0.1) is 0 Å². The second-order valence-corrected chi connectivity index (χ2v) is 4.38. The summed E-state index contributed by atoms with van der Waals surface area (Å²) in [6.07, 6.45) is 0.734. The molecule has 0 aromatic heterocycles. The van der Waals surface area contributed by atoms with E-state index in [0.717, 1.165) is 26.1 Å². The standard InChI is InChI=1S/C11H20N2O3/c1-9-8-13(4-2-5-15-9)11(14)10-7-12-3-6-16-10/h9-10,12H,2-8H2,1H3. The van der Waals surface area contributed by atoms with E-state index in [1.807, 2.05) is 11.8 Å². The van der Waals surface area contributed by atoms with Crippen LogP contribution in [0.1, 0.15) is 13.3 Å². The second kappa shape index (κ2) is 5.61. The molecule has 0 aromatic carbocycles. The molecule has 2 fully saturated rings. The molecule has 0 saturated carbocycles. The number of nitrogens with one attached hydrogen (secondary N) is 1. The monoisotopic (exact) mass is 228 g/mol. The van der Waals surface area contributed by atoms with Gasteiger partial charge >= 0.3 is 0 Å². The topological polar surface area (TPSA) is 50.8 Å². The number of hydrogen-bond donors (Lipinski definition) is 1. The molecular formula is C11H20N2O3. The zero-order chi connectivity index (χ0) is 11.4. The molecule has 0 spiro atoms. The van der Waals surface area contributed by atoms with Gasteiger partial charge in [0.2, 0.25) is 0 Å². The molecule has 0 aliphatic carbocycles. The van der Waals surface area contributed by atoms with Crippen LogP contribution in [0.2, 0.25) is 0 Å². The highest BCUT2D eigenvalue weighted by molar-refractivity contribution is 5.81. The number of carbonyl (C=O) groups excluding carboxylic acids is 1. The van der Waals surface area contributed by atoms with E-state index in [4.69, 9.17) is 9.47 Å². The molecule has 2 heterocycles. The summed E-state index contributed by atoms with van der Waals surface area (Å²) in [5, 5.41) is 3.18. The lowest BCUT2D eigenvalue weighted by atomic mass is 10.2. The van der Waals surface area contributed by atoms with Gasteiger partial charge in [0, 0.05) is 32.8 Å². The summed E-state index contributed by atoms with van der Waals surface area (Å²) in [5.41, 5.74) is 0. The molecule has 1 N–H and O–H groups in total. The van der Waals surface area contributed by atoms with E-state index in [2.05, 4.69) is 5.32 Å². The lowest BCUT2D eigenvalue weighted by molar-refractivity contribution is -0.145. The van der Waals surface area contributed by atoms with Crippen molar-refractivity contribution in [3.05, 3.63) is 0 Å². The summed E-state index contributed by atoms with van der Waals surface area (Å²) in [4.78, 5) is 14.0. The highest BCUT2D eigenvalue weighted by Gasteiger charge is 2.28. The molecule has 16 heavy (non-hydrogen) atoms. The van der Waals surface area contributed by atoms with Gasteiger partial charge in [0.1, 0.15) is 6.10 Å². The lowest BCUT2D eigenvalue weighted by Crippen LogP contribution is -2.50. The first kappa shape index (κ1) is 11.8. The van der Waals surface area contributed by atoms with Gasteiger partial charge < -0.3 is 19.7 Å². The molecule has 2 saturated heterocycles. The number of nitrogens with zero attached hydrogens (tertiary/aromatic N) is 1. The first-order valence-corrected chi connectivity index (χ1v) is 6.00. The third-order valence-corrected chi connectivity index (χ3v) is 2.97. The summed E-state index contributed by atoms with van der Waals surface area (Å²) in [7, 11) is 0. The molecule has 1 amide bonds. The number of ether oxygens (including phenoxy) is 2. The van der Waals surface area contributed by atoms with Gasteiger partial charge in [0.05, 0.1) is 12.7 Å². The third-order valence-electron chi connectivity index (χ3n) is 2.97. The van der Waals surface area contributed by atoms with Crippen LogP contribution in [0, 0.1) is 0 Å². The van der Waals surface area contributed by atoms with Crippen molar-refractivity contribution in [1.29, 1.82) is 0 Å². The molecule has 0 aromatic rings. The first-order chi connectivity index (χ1) is 7.77. The summed E-state index contributed by atoms with van der Waals surface area (Å²) in [6.45, 7) is 6.30. The van der Waals surface area contributed by atoms with Crippen molar-refractivity contribution in [2.45, 2.75) is 25.6 Å². The number of morpholine rings is 1. The molecule has 0 radical (unpaired) electrons. The molecular weight excluding hydrogens is 208 g/mol. The Hall–Kier alpha value is -0.650. The summed E-state index contributed by atoms with van der Waals surface area (Å²) in [5.74, 6) is 0.101. The van der Waals surface area contributed by atoms with Crippen LogP contribution in [-0.2, 0) is 14.3 Å². The maximum absolute atomic E-state index is 12.2. The molecule has 2 aliphatic heterocycles. The average molecular weight is 228 g/mol. The largest absolute Gasteiger partial charge is 0.377 e. The van der Waals surface area contributed by atoms with Gasteiger partial charge in [0.15, 0.2) is 0 Å². The van der Waals surface area contributed by atoms with E-state index in [0.29, 0.717) is 19.7 Å². The van der Waals surface area contributed by atoms with E-state index >= 15 is 0 Å². The summed E-state index contributed by atoms with van der Waals surface area (Å²) < 4.78 is 11.0. The van der Waals surface area contributed by atoms with Crippen molar-refractivity contribution >= 4 is 5.91 Å². The lowest BCUT2D eigenvalue weighted by Gasteiger charge is -2.29. The molecule has 2 rings (SSSR count). The second-order valence-electron chi connectivity index (χ2n) is 4.38. The van der Waals surface area contributed by atoms with Crippen molar-refractivity contribution < 1.29 is 14.3 Å². The van der Waals surface area contributed by atoms with Crippen molar-refractivity contribution in [3.8, 4) is 0 Å². The Kier molecular flexibility index (Phi) is 4.15. The third kappa shape index (κ3) is 2.93. The van der Waals surface area contributed by atoms with E-state index in [9.17, 15) is 4.79 Å². The summed E-state index contributed by atoms with van der Waals surface area (Å²) >= 11 is 0. The normalized spacial score (nSPS) is 32.2. The van der Waals surface area contributed by atoms with Crippen LogP contribution in [0.4, 0.5) is 0 Å². The molecule has 92 valence electrons. The van der Waals surface area contributed by atoms with Gasteiger partial charge in [0.25, 0.3) is 5.91 Å². The fraction of sp³-hybridized carbons (Fsp3) is 0.909. The Morgan fingerprint density at radius 2 is 2.25 bits per heavy atom. The number of hydrogen-bond acceptors (Lipinski definition) is 4. The zero-order valence-electron chi connectivity index (χ0n) is 9.78. The Morgan fingerprint density at radius 1 is 1.38 bits per heavy atom. The zero-order valence-corrected chi connectivity index (χ0v) is 9.78. The van der Waals surface area contributed by atoms with Crippen LogP contribution in [0.3, 0.4) is 0 Å². The van der Waals surface area contributed by atoms with Gasteiger partial charge in [-0.2, -0.15) is 0 Å². The van der Waals surface area contributed by atoms with Crippen LogP contribution in [0.25, 0.3) is 0 Å². The highest BCUT2D eigenvalue weighted by atomic mass is 16.5. The van der Waals surface area contributed by atoms with E-state index < -0.39 is 0 Å². The molecule has 2 aliphatic rings. The summed E-state index contributed by atoms with van der Waals surface area (Å²) in [6, 6.07) is 0. The van der Waals surface area contributed by atoms with Gasteiger partial charge in [-0.3, -0.25) is 4.79 Å². The fourth-order valence-electron chi connectivity index (χ4n) is 2.12. The van der Waals surface area contributed by atoms with Crippen molar-refractivity contribution in [2.75, 3.05) is 39.4 Å². The van der Waals surface area contributed by atoms with E-state index in [1.54, 1.807) is 0 Å². The molecule has 5 heteroatoms. The fourth-order valence-corrected chi connectivity index (χ4v) is 2.12. The minimum Gasteiger partial charge on any atom is -0.377 e. The van der Waals surface area contributed by atoms with Crippen LogP contribution >= 0.6 is 0 Å². The quantitative estimate of drug-likeness (QED) is 0.664. The Balaban J connectivity index is 1.91. The van der Waals surface area contributed by atoms with Crippen LogP contribution in [0.5, 0.6) is 0 Å². The maximum atomic E-state index is 12.2. The number of rotatable bonds is 1. The van der Waals surface area contributed by atoms with E-state index in [1.165, 1.54) is 0 Å². The van der Waals surface area contributed by atoms with E-state index in [-0.39, 0.29) is 18.1 Å². The molecule has 0 bridgehead atoms.